The summed E-state index contributed by atoms with van der Waals surface area (Å²) in [6.07, 6.45) is 2.62. The van der Waals surface area contributed by atoms with Gasteiger partial charge >= 0.3 is 0 Å². The lowest BCUT2D eigenvalue weighted by Gasteiger charge is -2.31. The molecule has 1 aliphatic rings. The summed E-state index contributed by atoms with van der Waals surface area (Å²) in [5, 5.41) is 8.24. The number of nitrogens with zero attached hydrogens (tertiary/aromatic N) is 4. The first-order chi connectivity index (χ1) is 13.6. The molecule has 3 aromatic rings. The second-order valence-corrected chi connectivity index (χ2v) is 8.06. The zero-order valence-electron chi connectivity index (χ0n) is 15.8. The predicted molar refractivity (Wildman–Crippen MR) is 110 cm³/mol. The van der Waals surface area contributed by atoms with E-state index in [1.54, 1.807) is 6.92 Å². The lowest BCUT2D eigenvalue weighted by molar-refractivity contribution is -0.125. The molecule has 0 saturated carbocycles. The van der Waals surface area contributed by atoms with Gasteiger partial charge in [0, 0.05) is 31.4 Å². The first kappa shape index (κ1) is 18.6. The molecule has 4 rings (SSSR count). The number of nitrogens with one attached hydrogen (secondary N) is 1. The molecule has 1 amide bonds. The fourth-order valence-electron chi connectivity index (χ4n) is 3.52. The van der Waals surface area contributed by atoms with Crippen LogP contribution in [0, 0.1) is 12.8 Å². The minimum Gasteiger partial charge on any atom is -0.355 e. The minimum atomic E-state index is -0.169. The average Bonchev–Trinajstić information content (AvgIpc) is 3.13. The van der Waals surface area contributed by atoms with Gasteiger partial charge in [0.2, 0.25) is 16.0 Å². The fraction of sp³-hybridized carbons (Fsp3) is 0.400. The van der Waals surface area contributed by atoms with E-state index in [1.807, 2.05) is 18.2 Å². The van der Waals surface area contributed by atoms with Crippen LogP contribution in [0.5, 0.6) is 0 Å². The largest absolute Gasteiger partial charge is 0.355 e. The molecule has 7 nitrogen and oxygen atoms in total. The van der Waals surface area contributed by atoms with Crippen molar-refractivity contribution in [3.05, 3.63) is 58.0 Å². The van der Waals surface area contributed by atoms with E-state index >= 15 is 0 Å². The van der Waals surface area contributed by atoms with Crippen LogP contribution in [0.25, 0.3) is 4.96 Å². The molecule has 0 radical (unpaired) electrons. The third-order valence-corrected chi connectivity index (χ3v) is 5.95. The standard InChI is InChI=1S/C20H23N5O2S/c1-14-12-17(26)25-19(22-14)28-20(23-25)24-11-5-8-16(13-24)18(27)21-10-9-15-6-3-2-4-7-15/h2-4,6-7,12,16H,5,8-11,13H2,1H3,(H,21,27)/t16-/m0/s1. The normalized spacial score (nSPS) is 17.0. The highest BCUT2D eigenvalue weighted by molar-refractivity contribution is 7.20. The highest BCUT2D eigenvalue weighted by Gasteiger charge is 2.27. The quantitative estimate of drug-likeness (QED) is 0.713. The van der Waals surface area contributed by atoms with Gasteiger partial charge in [0.25, 0.3) is 5.56 Å². The topological polar surface area (TPSA) is 79.6 Å². The van der Waals surface area contributed by atoms with Crippen molar-refractivity contribution in [3.8, 4) is 0 Å². The highest BCUT2D eigenvalue weighted by Crippen LogP contribution is 2.26. The molecule has 8 heteroatoms. The number of piperidine rings is 1. The van der Waals surface area contributed by atoms with Gasteiger partial charge in [-0.05, 0) is 31.7 Å². The Labute approximate surface area is 167 Å². The van der Waals surface area contributed by atoms with Crippen molar-refractivity contribution in [2.75, 3.05) is 24.5 Å². The molecule has 1 atom stereocenters. The number of benzene rings is 1. The first-order valence-electron chi connectivity index (χ1n) is 9.54. The maximum Gasteiger partial charge on any atom is 0.275 e. The smallest absolute Gasteiger partial charge is 0.275 e. The number of aromatic nitrogens is 3. The summed E-state index contributed by atoms with van der Waals surface area (Å²) in [5.41, 5.74) is 1.74. The molecule has 146 valence electrons. The summed E-state index contributed by atoms with van der Waals surface area (Å²) in [6.45, 7) is 3.89. The second-order valence-electron chi connectivity index (χ2n) is 7.13. The molecule has 0 unspecified atom stereocenters. The molecule has 2 aromatic heterocycles. The summed E-state index contributed by atoms with van der Waals surface area (Å²) in [4.78, 5) is 31.8. The molecule has 1 saturated heterocycles. The van der Waals surface area contributed by atoms with Gasteiger partial charge in [0.15, 0.2) is 0 Å². The maximum atomic E-state index is 12.6. The lowest BCUT2D eigenvalue weighted by Crippen LogP contribution is -2.43. The molecular weight excluding hydrogens is 374 g/mol. The Morgan fingerprint density at radius 2 is 2.14 bits per heavy atom. The van der Waals surface area contributed by atoms with Gasteiger partial charge in [-0.1, -0.05) is 41.7 Å². The SMILES string of the molecule is Cc1cc(=O)n2nc(N3CCC[C@H](C(=O)NCCc4ccccc4)C3)sc2n1. The van der Waals surface area contributed by atoms with Crippen molar-refractivity contribution < 1.29 is 4.79 Å². The Kier molecular flexibility index (Phi) is 5.38. The van der Waals surface area contributed by atoms with E-state index in [4.69, 9.17) is 0 Å². The van der Waals surface area contributed by atoms with Crippen molar-refractivity contribution >= 4 is 27.3 Å². The van der Waals surface area contributed by atoms with Crippen LogP contribution in [0.3, 0.4) is 0 Å². The van der Waals surface area contributed by atoms with Gasteiger partial charge in [0.1, 0.15) is 0 Å². The summed E-state index contributed by atoms with van der Waals surface area (Å²) < 4.78 is 1.34. The second kappa shape index (κ2) is 8.10. The van der Waals surface area contributed by atoms with E-state index in [9.17, 15) is 9.59 Å². The molecule has 1 aromatic carbocycles. The summed E-state index contributed by atoms with van der Waals surface area (Å²) in [7, 11) is 0. The number of rotatable bonds is 5. The maximum absolute atomic E-state index is 12.6. The van der Waals surface area contributed by atoms with Crippen molar-refractivity contribution in [2.24, 2.45) is 5.92 Å². The zero-order chi connectivity index (χ0) is 19.5. The third-order valence-electron chi connectivity index (χ3n) is 4.98. The third kappa shape index (κ3) is 4.06. The Balaban J connectivity index is 1.39. The minimum absolute atomic E-state index is 0.0667. The van der Waals surface area contributed by atoms with Gasteiger partial charge in [0.05, 0.1) is 5.92 Å². The van der Waals surface area contributed by atoms with Gasteiger partial charge in [-0.3, -0.25) is 9.59 Å². The van der Waals surface area contributed by atoms with Crippen LogP contribution >= 0.6 is 11.3 Å². The van der Waals surface area contributed by atoms with Crippen LogP contribution in [0.15, 0.2) is 41.2 Å². The number of aryl methyl sites for hydroxylation is 1. The van der Waals surface area contributed by atoms with Crippen LogP contribution in [0.1, 0.15) is 24.1 Å². The van der Waals surface area contributed by atoms with E-state index in [-0.39, 0.29) is 17.4 Å². The molecule has 0 bridgehead atoms. The zero-order valence-corrected chi connectivity index (χ0v) is 16.6. The van der Waals surface area contributed by atoms with E-state index in [0.29, 0.717) is 23.7 Å². The Morgan fingerprint density at radius 3 is 2.96 bits per heavy atom. The van der Waals surface area contributed by atoms with Gasteiger partial charge in [-0.25, -0.2) is 4.98 Å². The average molecular weight is 398 g/mol. The molecule has 0 aliphatic carbocycles. The Bertz CT molecular complexity index is 1030. The number of amides is 1. The summed E-state index contributed by atoms with van der Waals surface area (Å²) in [6, 6.07) is 11.6. The van der Waals surface area contributed by atoms with Crippen molar-refractivity contribution in [1.29, 1.82) is 0 Å². The molecule has 0 spiro atoms. The lowest BCUT2D eigenvalue weighted by atomic mass is 9.97. The molecule has 1 fully saturated rings. The number of hydrogen-bond donors (Lipinski definition) is 1. The highest BCUT2D eigenvalue weighted by atomic mass is 32.1. The van der Waals surface area contributed by atoms with Crippen molar-refractivity contribution in [3.63, 3.8) is 0 Å². The van der Waals surface area contributed by atoms with Crippen LogP contribution in [0.4, 0.5) is 5.13 Å². The Morgan fingerprint density at radius 1 is 1.32 bits per heavy atom. The number of fused-ring (bicyclic) bond motifs is 1. The van der Waals surface area contributed by atoms with E-state index < -0.39 is 0 Å². The van der Waals surface area contributed by atoms with Crippen LogP contribution in [-0.4, -0.2) is 40.1 Å². The van der Waals surface area contributed by atoms with Gasteiger partial charge in [-0.15, -0.1) is 5.10 Å². The van der Waals surface area contributed by atoms with Crippen molar-refractivity contribution in [1.82, 2.24) is 19.9 Å². The number of anilines is 1. The van der Waals surface area contributed by atoms with E-state index in [2.05, 4.69) is 32.4 Å². The number of hydrogen-bond acceptors (Lipinski definition) is 6. The predicted octanol–water partition coefficient (Wildman–Crippen LogP) is 2.03. The van der Waals surface area contributed by atoms with Gasteiger partial charge < -0.3 is 10.2 Å². The fourth-order valence-corrected chi connectivity index (χ4v) is 4.51. The first-order valence-corrected chi connectivity index (χ1v) is 10.4. The van der Waals surface area contributed by atoms with Crippen molar-refractivity contribution in [2.45, 2.75) is 26.2 Å². The van der Waals surface area contributed by atoms with Crippen LogP contribution in [0.2, 0.25) is 0 Å². The molecule has 3 heterocycles. The number of carbonyl (C=O) groups excluding carboxylic acids is 1. The molecule has 28 heavy (non-hydrogen) atoms. The van der Waals surface area contributed by atoms with Crippen LogP contribution in [-0.2, 0) is 11.2 Å². The Hall–Kier alpha value is -2.74. The van der Waals surface area contributed by atoms with Crippen LogP contribution < -0.4 is 15.8 Å². The van der Waals surface area contributed by atoms with E-state index in [0.717, 1.165) is 30.9 Å². The van der Waals surface area contributed by atoms with E-state index in [1.165, 1.54) is 27.5 Å². The molecule has 1 aliphatic heterocycles. The number of carbonyl (C=O) groups is 1. The molecular formula is C20H23N5O2S. The van der Waals surface area contributed by atoms with Gasteiger partial charge in [-0.2, -0.15) is 4.52 Å². The summed E-state index contributed by atoms with van der Waals surface area (Å²) in [5.74, 6) is 0.0239. The summed E-state index contributed by atoms with van der Waals surface area (Å²) >= 11 is 1.40. The molecule has 1 N–H and O–H groups in total. The monoisotopic (exact) mass is 397 g/mol.